The predicted octanol–water partition coefficient (Wildman–Crippen LogP) is 3.49. The van der Waals surface area contributed by atoms with Crippen molar-refractivity contribution in [2.75, 3.05) is 12.4 Å². The van der Waals surface area contributed by atoms with Crippen LogP contribution in [0.25, 0.3) is 0 Å². The Hall–Kier alpha value is -0.610. The second-order valence-electron chi connectivity index (χ2n) is 3.65. The van der Waals surface area contributed by atoms with Crippen LogP contribution in [-0.2, 0) is 0 Å². The van der Waals surface area contributed by atoms with Crippen LogP contribution in [0.3, 0.4) is 0 Å². The van der Waals surface area contributed by atoms with Gasteiger partial charge in [-0.25, -0.2) is 0 Å². The van der Waals surface area contributed by atoms with Gasteiger partial charge in [0.2, 0.25) is 0 Å². The molecule has 0 unspecified atom stereocenters. The largest absolute Gasteiger partial charge is 0.350 e. The Kier molecular flexibility index (Phi) is 4.54. The van der Waals surface area contributed by atoms with Gasteiger partial charge in [-0.1, -0.05) is 22.0 Å². The number of thiocarbonyl (C=S) groups is 1. The van der Waals surface area contributed by atoms with E-state index in [0.29, 0.717) is 6.04 Å². The average molecular weight is 287 g/mol. The van der Waals surface area contributed by atoms with Crippen molar-refractivity contribution in [2.24, 2.45) is 0 Å². The Bertz CT molecular complexity index is 352. The van der Waals surface area contributed by atoms with Gasteiger partial charge in [0, 0.05) is 23.2 Å². The first-order valence-electron chi connectivity index (χ1n) is 4.80. The molecular weight excluding hydrogens is 272 g/mol. The van der Waals surface area contributed by atoms with E-state index in [9.17, 15) is 0 Å². The molecule has 0 bridgehead atoms. The van der Waals surface area contributed by atoms with Gasteiger partial charge >= 0.3 is 0 Å². The molecule has 0 saturated carbocycles. The first kappa shape index (κ1) is 12.5. The molecule has 0 radical (unpaired) electrons. The molecule has 0 fully saturated rings. The van der Waals surface area contributed by atoms with E-state index < -0.39 is 0 Å². The summed E-state index contributed by atoms with van der Waals surface area (Å²) in [6.07, 6.45) is 0. The second kappa shape index (κ2) is 5.47. The third-order valence-corrected chi connectivity index (χ3v) is 3.05. The maximum Gasteiger partial charge on any atom is 0.173 e. The van der Waals surface area contributed by atoms with Crippen LogP contribution in [0.4, 0.5) is 5.69 Å². The number of halogens is 1. The molecule has 0 heterocycles. The fourth-order valence-corrected chi connectivity index (χ4v) is 1.74. The van der Waals surface area contributed by atoms with Crippen LogP contribution >= 0.6 is 28.1 Å². The summed E-state index contributed by atoms with van der Waals surface area (Å²) in [4.78, 5) is 2.02. The fraction of sp³-hybridized carbons (Fsp3) is 0.364. The number of anilines is 1. The highest BCUT2D eigenvalue weighted by Crippen LogP contribution is 2.16. The van der Waals surface area contributed by atoms with E-state index in [1.54, 1.807) is 0 Å². The molecule has 82 valence electrons. The van der Waals surface area contributed by atoms with Crippen LogP contribution in [0.1, 0.15) is 13.8 Å². The van der Waals surface area contributed by atoms with Gasteiger partial charge in [-0.05, 0) is 44.3 Å². The van der Waals surface area contributed by atoms with E-state index in [2.05, 4.69) is 35.1 Å². The van der Waals surface area contributed by atoms with Crippen molar-refractivity contribution in [1.29, 1.82) is 0 Å². The molecule has 15 heavy (non-hydrogen) atoms. The Labute approximate surface area is 105 Å². The molecule has 1 N–H and O–H groups in total. The first-order valence-corrected chi connectivity index (χ1v) is 6.00. The van der Waals surface area contributed by atoms with Crippen molar-refractivity contribution >= 4 is 38.9 Å². The molecule has 0 amide bonds. The number of benzene rings is 1. The SMILES string of the molecule is CC(C)N(C)C(=S)Nc1cccc(Br)c1. The molecule has 0 saturated heterocycles. The minimum atomic E-state index is 0.400. The van der Waals surface area contributed by atoms with Crippen molar-refractivity contribution in [3.63, 3.8) is 0 Å². The lowest BCUT2D eigenvalue weighted by molar-refractivity contribution is 0.423. The molecule has 4 heteroatoms. The summed E-state index contributed by atoms with van der Waals surface area (Å²) >= 11 is 8.70. The van der Waals surface area contributed by atoms with Crippen LogP contribution in [0.2, 0.25) is 0 Å². The van der Waals surface area contributed by atoms with Crippen molar-refractivity contribution < 1.29 is 0 Å². The minimum absolute atomic E-state index is 0.400. The number of rotatable bonds is 2. The summed E-state index contributed by atoms with van der Waals surface area (Å²) in [5.74, 6) is 0. The van der Waals surface area contributed by atoms with Gasteiger partial charge in [0.05, 0.1) is 0 Å². The maximum absolute atomic E-state index is 5.28. The van der Waals surface area contributed by atoms with Crippen LogP contribution in [0.15, 0.2) is 28.7 Å². The van der Waals surface area contributed by atoms with E-state index >= 15 is 0 Å². The fourth-order valence-electron chi connectivity index (χ4n) is 1.01. The Morgan fingerprint density at radius 2 is 2.13 bits per heavy atom. The van der Waals surface area contributed by atoms with Crippen LogP contribution in [0, 0.1) is 0 Å². The van der Waals surface area contributed by atoms with Gasteiger partial charge in [0.1, 0.15) is 0 Å². The summed E-state index contributed by atoms with van der Waals surface area (Å²) < 4.78 is 1.04. The molecule has 0 aliphatic heterocycles. The van der Waals surface area contributed by atoms with Gasteiger partial charge in [-0.2, -0.15) is 0 Å². The Morgan fingerprint density at radius 3 is 2.67 bits per heavy atom. The third kappa shape index (κ3) is 3.80. The van der Waals surface area contributed by atoms with E-state index in [-0.39, 0.29) is 0 Å². The molecule has 1 aromatic rings. The molecule has 1 rings (SSSR count). The van der Waals surface area contributed by atoms with Crippen LogP contribution in [0.5, 0.6) is 0 Å². The molecule has 0 atom stereocenters. The zero-order valence-electron chi connectivity index (χ0n) is 9.12. The lowest BCUT2D eigenvalue weighted by atomic mass is 10.3. The Balaban J connectivity index is 2.66. The summed E-state index contributed by atoms with van der Waals surface area (Å²) in [6, 6.07) is 8.35. The molecule has 1 aromatic carbocycles. The smallest absolute Gasteiger partial charge is 0.173 e. The first-order chi connectivity index (χ1) is 7.00. The number of hydrogen-bond acceptors (Lipinski definition) is 1. The minimum Gasteiger partial charge on any atom is -0.350 e. The second-order valence-corrected chi connectivity index (χ2v) is 4.95. The van der Waals surface area contributed by atoms with Crippen molar-refractivity contribution in [3.05, 3.63) is 28.7 Å². The quantitative estimate of drug-likeness (QED) is 0.838. The van der Waals surface area contributed by atoms with Crippen LogP contribution in [-0.4, -0.2) is 23.1 Å². The van der Waals surface area contributed by atoms with E-state index in [0.717, 1.165) is 15.3 Å². The zero-order chi connectivity index (χ0) is 11.4. The van der Waals surface area contributed by atoms with Gasteiger partial charge < -0.3 is 10.2 Å². The maximum atomic E-state index is 5.28. The van der Waals surface area contributed by atoms with Gasteiger partial charge in [0.25, 0.3) is 0 Å². The molecule has 0 aliphatic carbocycles. The molecule has 0 aromatic heterocycles. The third-order valence-electron chi connectivity index (χ3n) is 2.17. The summed E-state index contributed by atoms with van der Waals surface area (Å²) in [7, 11) is 1.98. The lowest BCUT2D eigenvalue weighted by Crippen LogP contribution is -2.36. The van der Waals surface area contributed by atoms with Crippen molar-refractivity contribution in [1.82, 2.24) is 4.90 Å². The average Bonchev–Trinajstić information content (AvgIpc) is 2.16. The van der Waals surface area contributed by atoms with E-state index in [4.69, 9.17) is 12.2 Å². The van der Waals surface area contributed by atoms with Gasteiger partial charge in [-0.3, -0.25) is 0 Å². The van der Waals surface area contributed by atoms with E-state index in [1.165, 1.54) is 0 Å². The van der Waals surface area contributed by atoms with Crippen molar-refractivity contribution in [2.45, 2.75) is 19.9 Å². The molecule has 2 nitrogen and oxygen atoms in total. The molecule has 0 spiro atoms. The summed E-state index contributed by atoms with van der Waals surface area (Å²) in [5, 5.41) is 3.93. The zero-order valence-corrected chi connectivity index (χ0v) is 11.5. The molecule has 0 aliphatic rings. The molecular formula is C11H15BrN2S. The Morgan fingerprint density at radius 1 is 1.47 bits per heavy atom. The normalized spacial score (nSPS) is 10.2. The monoisotopic (exact) mass is 286 g/mol. The summed E-state index contributed by atoms with van der Waals surface area (Å²) in [6.45, 7) is 4.21. The standard InChI is InChI=1S/C11H15BrN2S/c1-8(2)14(3)11(15)13-10-6-4-5-9(12)7-10/h4-8H,1-3H3,(H,13,15). The van der Waals surface area contributed by atoms with Gasteiger partial charge in [0.15, 0.2) is 5.11 Å². The highest BCUT2D eigenvalue weighted by atomic mass is 79.9. The van der Waals surface area contributed by atoms with Crippen LogP contribution < -0.4 is 5.32 Å². The number of nitrogens with one attached hydrogen (secondary N) is 1. The van der Waals surface area contributed by atoms with Gasteiger partial charge in [-0.15, -0.1) is 0 Å². The topological polar surface area (TPSA) is 15.3 Å². The number of hydrogen-bond donors (Lipinski definition) is 1. The lowest BCUT2D eigenvalue weighted by Gasteiger charge is -2.24. The summed E-state index contributed by atoms with van der Waals surface area (Å²) in [5.41, 5.74) is 1.00. The highest BCUT2D eigenvalue weighted by Gasteiger charge is 2.07. The predicted molar refractivity (Wildman–Crippen MR) is 73.3 cm³/mol. The highest BCUT2D eigenvalue weighted by molar-refractivity contribution is 9.10. The van der Waals surface area contributed by atoms with Crippen molar-refractivity contribution in [3.8, 4) is 0 Å². The van der Waals surface area contributed by atoms with E-state index in [1.807, 2.05) is 36.2 Å². The number of nitrogens with zero attached hydrogens (tertiary/aromatic N) is 1.